The van der Waals surface area contributed by atoms with E-state index in [0.29, 0.717) is 6.42 Å². The maximum atomic E-state index is 12.7. The summed E-state index contributed by atoms with van der Waals surface area (Å²) >= 11 is 0. The highest BCUT2D eigenvalue weighted by Crippen LogP contribution is 2.43. The molecule has 0 saturated heterocycles. The summed E-state index contributed by atoms with van der Waals surface area (Å²) in [5, 5.41) is 13.6. The molecule has 0 rings (SSSR count). The topological polar surface area (TPSA) is 131 Å². The maximum absolute atomic E-state index is 12.7. The number of carbonyl (C=O) groups is 1. The van der Waals surface area contributed by atoms with Crippen LogP contribution < -0.4 is 11.1 Å². The van der Waals surface area contributed by atoms with Gasteiger partial charge in [0.1, 0.15) is 0 Å². The maximum Gasteiger partial charge on any atom is 0.472 e. The number of phosphoric ester groups is 1. The minimum absolute atomic E-state index is 0.0724. The van der Waals surface area contributed by atoms with Gasteiger partial charge in [-0.25, -0.2) is 4.57 Å². The van der Waals surface area contributed by atoms with E-state index in [1.54, 1.807) is 6.08 Å². The van der Waals surface area contributed by atoms with Crippen molar-refractivity contribution in [3.05, 3.63) is 36.5 Å². The van der Waals surface area contributed by atoms with Crippen molar-refractivity contribution in [2.24, 2.45) is 5.73 Å². The predicted octanol–water partition coefficient (Wildman–Crippen LogP) is 11.2. The normalized spacial score (nSPS) is 14.6. The average Bonchev–Trinajstić information content (AvgIpc) is 3.10. The molecule has 0 radical (unpaired) electrons. The molecule has 0 aromatic heterocycles. The molecule has 0 spiro atoms. The summed E-state index contributed by atoms with van der Waals surface area (Å²) in [5.74, 6) is -0.208. The molecular weight excluding hydrogens is 647 g/mol. The Hall–Kier alpha value is -1.28. The summed E-state index contributed by atoms with van der Waals surface area (Å²) in [6, 6.07) is -0.879. The monoisotopic (exact) mass is 727 g/mol. The van der Waals surface area contributed by atoms with Gasteiger partial charge in [0.15, 0.2) is 0 Å². The van der Waals surface area contributed by atoms with Gasteiger partial charge < -0.3 is 21.1 Å². The van der Waals surface area contributed by atoms with Crippen molar-refractivity contribution in [2.45, 2.75) is 199 Å². The van der Waals surface area contributed by atoms with E-state index in [1.807, 2.05) is 6.08 Å². The Balaban J connectivity index is 4.21. The smallest absolute Gasteiger partial charge is 0.387 e. The number of phosphoric acid groups is 1. The highest BCUT2D eigenvalue weighted by molar-refractivity contribution is 7.47. The van der Waals surface area contributed by atoms with E-state index in [2.05, 4.69) is 43.5 Å². The molecule has 0 aromatic rings. The molecule has 0 fully saturated rings. The lowest BCUT2D eigenvalue weighted by molar-refractivity contribution is -0.123. The van der Waals surface area contributed by atoms with Crippen LogP contribution in [-0.2, 0) is 18.4 Å². The molecule has 0 aromatic carbocycles. The van der Waals surface area contributed by atoms with Gasteiger partial charge in [0, 0.05) is 13.0 Å². The van der Waals surface area contributed by atoms with Crippen molar-refractivity contribution >= 4 is 13.7 Å². The summed E-state index contributed by atoms with van der Waals surface area (Å²) in [4.78, 5) is 22.6. The SMILES string of the molecule is CCCC/C=C/CC/C=C/CC/C=C/C(O)C(COP(=O)(O)OCCN)NC(=O)CCCCCCCCCCCCCCCCCCCCC. The van der Waals surface area contributed by atoms with Gasteiger partial charge in [-0.3, -0.25) is 13.8 Å². The number of amides is 1. The molecule has 3 atom stereocenters. The lowest BCUT2D eigenvalue weighted by Gasteiger charge is -2.23. The van der Waals surface area contributed by atoms with Crippen LogP contribution in [0.3, 0.4) is 0 Å². The lowest BCUT2D eigenvalue weighted by atomic mass is 10.0. The number of aliphatic hydroxyl groups excluding tert-OH is 1. The molecule has 0 aliphatic rings. The minimum Gasteiger partial charge on any atom is -0.387 e. The zero-order chi connectivity index (χ0) is 36.8. The van der Waals surface area contributed by atoms with Crippen LogP contribution in [0.25, 0.3) is 0 Å². The Morgan fingerprint density at radius 1 is 0.640 bits per heavy atom. The van der Waals surface area contributed by atoms with Gasteiger partial charge in [0.05, 0.1) is 25.4 Å². The largest absolute Gasteiger partial charge is 0.472 e. The van der Waals surface area contributed by atoms with E-state index in [4.69, 9.17) is 14.8 Å². The van der Waals surface area contributed by atoms with Gasteiger partial charge in [0.25, 0.3) is 0 Å². The van der Waals surface area contributed by atoms with E-state index in [1.165, 1.54) is 116 Å². The fourth-order valence-corrected chi connectivity index (χ4v) is 6.56. The van der Waals surface area contributed by atoms with Crippen molar-refractivity contribution in [2.75, 3.05) is 19.8 Å². The fraction of sp³-hybridized carbons (Fsp3) is 0.829. The third kappa shape index (κ3) is 35.1. The highest BCUT2D eigenvalue weighted by atomic mass is 31.2. The van der Waals surface area contributed by atoms with Gasteiger partial charge >= 0.3 is 7.82 Å². The Kier molecular flexibility index (Phi) is 36.5. The van der Waals surface area contributed by atoms with Gasteiger partial charge in [-0.2, -0.15) is 0 Å². The highest BCUT2D eigenvalue weighted by Gasteiger charge is 2.26. The first kappa shape index (κ1) is 48.7. The van der Waals surface area contributed by atoms with Crippen LogP contribution in [0.2, 0.25) is 0 Å². The molecule has 0 bridgehead atoms. The zero-order valence-corrected chi connectivity index (χ0v) is 33.3. The van der Waals surface area contributed by atoms with Gasteiger partial charge in [0.2, 0.25) is 5.91 Å². The molecule has 9 heteroatoms. The second-order valence-corrected chi connectivity index (χ2v) is 15.3. The minimum atomic E-state index is -4.34. The molecule has 50 heavy (non-hydrogen) atoms. The van der Waals surface area contributed by atoms with Crippen LogP contribution in [0.4, 0.5) is 0 Å². The summed E-state index contributed by atoms with van der Waals surface area (Å²) < 4.78 is 22.0. The molecule has 0 heterocycles. The van der Waals surface area contributed by atoms with E-state index in [9.17, 15) is 19.4 Å². The number of nitrogens with two attached hydrogens (primary N) is 1. The third-order valence-corrected chi connectivity index (χ3v) is 9.93. The second-order valence-electron chi connectivity index (χ2n) is 13.8. The standard InChI is InChI=1S/C41H79N2O6P/c1-3-5-7-9-11-13-15-17-18-19-20-21-22-23-25-27-29-31-33-35-41(45)43-39(38-49-50(46,47)48-37-36-42)40(44)34-32-30-28-26-24-16-14-12-10-8-6-4-2/h10,12,24,26,32,34,39-40,44H,3-9,11,13-23,25,27-31,33,35-38,42H2,1-2H3,(H,43,45)(H,46,47)/b12-10+,26-24+,34-32+. The van der Waals surface area contributed by atoms with Crippen LogP contribution in [0, 0.1) is 0 Å². The number of allylic oxidation sites excluding steroid dienone is 5. The summed E-state index contributed by atoms with van der Waals surface area (Å²) in [7, 11) is -4.34. The fourth-order valence-electron chi connectivity index (χ4n) is 5.80. The average molecular weight is 727 g/mol. The Bertz CT molecular complexity index is 881. The molecule has 8 nitrogen and oxygen atoms in total. The number of unbranched alkanes of at least 4 members (excludes halogenated alkanes) is 22. The van der Waals surface area contributed by atoms with Crippen molar-refractivity contribution in [3.8, 4) is 0 Å². The van der Waals surface area contributed by atoms with E-state index >= 15 is 0 Å². The Morgan fingerprint density at radius 3 is 1.52 bits per heavy atom. The quantitative estimate of drug-likeness (QED) is 0.0283. The number of carbonyl (C=O) groups excluding carboxylic acids is 1. The van der Waals surface area contributed by atoms with E-state index in [0.717, 1.165) is 51.4 Å². The van der Waals surface area contributed by atoms with Gasteiger partial charge in [-0.1, -0.05) is 179 Å². The zero-order valence-electron chi connectivity index (χ0n) is 32.4. The lowest BCUT2D eigenvalue weighted by Crippen LogP contribution is -2.45. The molecule has 5 N–H and O–H groups in total. The van der Waals surface area contributed by atoms with Gasteiger partial charge in [-0.15, -0.1) is 0 Å². The molecule has 0 saturated carbocycles. The van der Waals surface area contributed by atoms with E-state index < -0.39 is 20.0 Å². The molecule has 0 aliphatic heterocycles. The number of hydrogen-bond acceptors (Lipinski definition) is 6. The number of aliphatic hydroxyl groups is 1. The molecule has 0 aliphatic carbocycles. The van der Waals surface area contributed by atoms with Crippen LogP contribution in [0.5, 0.6) is 0 Å². The molecule has 294 valence electrons. The summed E-state index contributed by atoms with van der Waals surface area (Å²) in [6.07, 6.45) is 43.4. The molecule has 3 unspecified atom stereocenters. The molecule has 1 amide bonds. The first-order valence-corrected chi connectivity index (χ1v) is 22.1. The number of hydrogen-bond donors (Lipinski definition) is 4. The second kappa shape index (κ2) is 37.5. The molecular formula is C41H79N2O6P. The number of rotatable bonds is 38. The first-order chi connectivity index (χ1) is 24.4. The van der Waals surface area contributed by atoms with Gasteiger partial charge in [-0.05, 0) is 38.5 Å². The van der Waals surface area contributed by atoms with Crippen LogP contribution >= 0.6 is 7.82 Å². The first-order valence-electron chi connectivity index (χ1n) is 20.6. The van der Waals surface area contributed by atoms with Crippen molar-refractivity contribution in [3.63, 3.8) is 0 Å². The number of nitrogens with one attached hydrogen (secondary N) is 1. The van der Waals surface area contributed by atoms with Crippen molar-refractivity contribution in [1.82, 2.24) is 5.32 Å². The van der Waals surface area contributed by atoms with Crippen LogP contribution in [0.1, 0.15) is 187 Å². The Labute approximate surface area is 308 Å². The summed E-state index contributed by atoms with van der Waals surface area (Å²) in [6.45, 7) is 4.06. The van der Waals surface area contributed by atoms with E-state index in [-0.39, 0.29) is 25.7 Å². The van der Waals surface area contributed by atoms with Crippen LogP contribution in [-0.4, -0.2) is 47.8 Å². The van der Waals surface area contributed by atoms with Crippen LogP contribution in [0.15, 0.2) is 36.5 Å². The predicted molar refractivity (Wildman–Crippen MR) is 212 cm³/mol. The third-order valence-electron chi connectivity index (χ3n) is 8.95. The van der Waals surface area contributed by atoms with Crippen molar-refractivity contribution in [1.29, 1.82) is 0 Å². The summed E-state index contributed by atoms with van der Waals surface area (Å²) in [5.41, 5.74) is 5.36. The van der Waals surface area contributed by atoms with Crippen molar-refractivity contribution < 1.29 is 28.4 Å². The Morgan fingerprint density at radius 2 is 1.06 bits per heavy atom.